The van der Waals surface area contributed by atoms with E-state index >= 15 is 0 Å². The summed E-state index contributed by atoms with van der Waals surface area (Å²) >= 11 is 0. The van der Waals surface area contributed by atoms with Gasteiger partial charge in [0.2, 0.25) is 0 Å². The molecule has 0 N–H and O–H groups in total. The van der Waals surface area contributed by atoms with E-state index in [0.717, 1.165) is 5.69 Å². The summed E-state index contributed by atoms with van der Waals surface area (Å²) in [5.41, 5.74) is 3.64. The summed E-state index contributed by atoms with van der Waals surface area (Å²) < 4.78 is 2.38. The fraction of sp³-hybridized carbons (Fsp3) is 0.462. The van der Waals surface area contributed by atoms with Crippen molar-refractivity contribution in [1.29, 1.82) is 0 Å². The Hall–Kier alpha value is -1.31. The third kappa shape index (κ3) is 1.28. The molecular weight excluding hydrogens is 184 g/mol. The average Bonchev–Trinajstić information content (AvgIpc) is 2.41. The van der Waals surface area contributed by atoms with Crippen molar-refractivity contribution < 1.29 is 0 Å². The largest absolute Gasteiger partial charge is 0.329 e. The lowest BCUT2D eigenvalue weighted by atomic mass is 9.93. The summed E-state index contributed by atoms with van der Waals surface area (Å²) in [5.74, 6) is 0. The molecule has 1 aliphatic carbocycles. The Labute approximate surface area is 89.9 Å². The summed E-state index contributed by atoms with van der Waals surface area (Å²) in [4.78, 5) is 4.66. The van der Waals surface area contributed by atoms with Gasteiger partial charge >= 0.3 is 0 Å². The van der Waals surface area contributed by atoms with Crippen LogP contribution in [0.5, 0.6) is 0 Å². The zero-order valence-corrected chi connectivity index (χ0v) is 9.33. The standard InChI is InChI=1S/C13H16N2/c1-9-8-15(11-4-3-5-11)13-12(9)7-6-10(2)14-13/h6-8,11H,3-5H2,1-2H3. The number of pyridine rings is 1. The minimum atomic E-state index is 0.704. The number of hydrogen-bond acceptors (Lipinski definition) is 1. The molecule has 2 heteroatoms. The molecule has 0 atom stereocenters. The molecule has 0 aliphatic heterocycles. The van der Waals surface area contributed by atoms with Crippen molar-refractivity contribution in [3.8, 4) is 0 Å². The highest BCUT2D eigenvalue weighted by atomic mass is 15.1. The van der Waals surface area contributed by atoms with Crippen LogP contribution >= 0.6 is 0 Å². The molecule has 78 valence electrons. The third-order valence-corrected chi connectivity index (χ3v) is 3.48. The predicted molar refractivity (Wildman–Crippen MR) is 62.1 cm³/mol. The van der Waals surface area contributed by atoms with Gasteiger partial charge in [0.05, 0.1) is 0 Å². The highest BCUT2D eigenvalue weighted by molar-refractivity contribution is 5.80. The van der Waals surface area contributed by atoms with Gasteiger partial charge in [-0.15, -0.1) is 0 Å². The van der Waals surface area contributed by atoms with E-state index in [9.17, 15) is 0 Å². The molecule has 1 saturated carbocycles. The predicted octanol–water partition coefficient (Wildman–Crippen LogP) is 3.38. The first-order valence-corrected chi connectivity index (χ1v) is 5.70. The molecule has 3 rings (SSSR count). The fourth-order valence-corrected chi connectivity index (χ4v) is 2.33. The number of hydrogen-bond donors (Lipinski definition) is 0. The van der Waals surface area contributed by atoms with Gasteiger partial charge in [0.1, 0.15) is 5.65 Å². The first kappa shape index (κ1) is 8.96. The van der Waals surface area contributed by atoms with Crippen LogP contribution in [0.1, 0.15) is 36.6 Å². The van der Waals surface area contributed by atoms with Crippen LogP contribution in [-0.2, 0) is 0 Å². The Kier molecular flexibility index (Phi) is 1.84. The molecule has 2 heterocycles. The SMILES string of the molecule is Cc1ccc2c(C)cn(C3CCC3)c2n1. The summed E-state index contributed by atoms with van der Waals surface area (Å²) in [7, 11) is 0. The van der Waals surface area contributed by atoms with Gasteiger partial charge in [-0.2, -0.15) is 0 Å². The average molecular weight is 200 g/mol. The molecule has 0 saturated heterocycles. The Morgan fingerprint density at radius 3 is 2.73 bits per heavy atom. The van der Waals surface area contributed by atoms with Gasteiger partial charge in [0.15, 0.2) is 0 Å². The van der Waals surface area contributed by atoms with Crippen LogP contribution in [-0.4, -0.2) is 9.55 Å². The van der Waals surface area contributed by atoms with Crippen LogP contribution in [0.15, 0.2) is 18.3 Å². The molecule has 0 spiro atoms. The van der Waals surface area contributed by atoms with Gasteiger partial charge in [-0.25, -0.2) is 4.98 Å². The first-order valence-electron chi connectivity index (χ1n) is 5.70. The molecule has 0 amide bonds. The van der Waals surface area contributed by atoms with Gasteiger partial charge in [-0.1, -0.05) is 0 Å². The zero-order chi connectivity index (χ0) is 10.4. The van der Waals surface area contributed by atoms with E-state index in [1.165, 1.54) is 35.9 Å². The minimum Gasteiger partial charge on any atom is -0.329 e. The summed E-state index contributed by atoms with van der Waals surface area (Å²) in [6.07, 6.45) is 6.27. The second-order valence-corrected chi connectivity index (χ2v) is 4.63. The second-order valence-electron chi connectivity index (χ2n) is 4.63. The van der Waals surface area contributed by atoms with Crippen LogP contribution in [0.3, 0.4) is 0 Å². The molecule has 2 aromatic rings. The number of nitrogens with zero attached hydrogens (tertiary/aromatic N) is 2. The highest BCUT2D eigenvalue weighted by Gasteiger charge is 2.21. The fourth-order valence-electron chi connectivity index (χ4n) is 2.33. The Bertz CT molecular complexity index is 506. The Balaban J connectivity index is 2.24. The minimum absolute atomic E-state index is 0.704. The number of aryl methyl sites for hydroxylation is 2. The van der Waals surface area contributed by atoms with Gasteiger partial charge in [-0.05, 0) is 50.8 Å². The highest BCUT2D eigenvalue weighted by Crippen LogP contribution is 2.35. The maximum atomic E-state index is 4.66. The van der Waals surface area contributed by atoms with E-state index in [0.29, 0.717) is 6.04 Å². The number of fused-ring (bicyclic) bond motifs is 1. The van der Waals surface area contributed by atoms with E-state index in [2.05, 4.69) is 41.7 Å². The van der Waals surface area contributed by atoms with E-state index in [4.69, 9.17) is 0 Å². The molecule has 15 heavy (non-hydrogen) atoms. The first-order chi connectivity index (χ1) is 7.25. The lowest BCUT2D eigenvalue weighted by Gasteiger charge is -2.27. The van der Waals surface area contributed by atoms with Crippen molar-refractivity contribution in [1.82, 2.24) is 9.55 Å². The molecule has 1 aliphatic rings. The zero-order valence-electron chi connectivity index (χ0n) is 9.33. The summed E-state index contributed by atoms with van der Waals surface area (Å²) in [6, 6.07) is 5.00. The van der Waals surface area contributed by atoms with E-state index in [1.807, 2.05) is 0 Å². The number of aromatic nitrogens is 2. The number of rotatable bonds is 1. The molecular formula is C13H16N2. The monoisotopic (exact) mass is 200 g/mol. The van der Waals surface area contributed by atoms with Gasteiger partial charge in [-0.3, -0.25) is 0 Å². The normalized spacial score (nSPS) is 16.9. The Morgan fingerprint density at radius 1 is 1.27 bits per heavy atom. The molecule has 2 nitrogen and oxygen atoms in total. The third-order valence-electron chi connectivity index (χ3n) is 3.48. The van der Waals surface area contributed by atoms with Crippen molar-refractivity contribution in [2.24, 2.45) is 0 Å². The second kappa shape index (κ2) is 3.09. The van der Waals surface area contributed by atoms with E-state index in [1.54, 1.807) is 0 Å². The van der Waals surface area contributed by atoms with Crippen LogP contribution in [0.25, 0.3) is 11.0 Å². The van der Waals surface area contributed by atoms with Gasteiger partial charge in [0, 0.05) is 23.3 Å². The van der Waals surface area contributed by atoms with Crippen LogP contribution in [0, 0.1) is 13.8 Å². The van der Waals surface area contributed by atoms with Gasteiger partial charge < -0.3 is 4.57 Å². The van der Waals surface area contributed by atoms with Crippen LogP contribution in [0.4, 0.5) is 0 Å². The van der Waals surface area contributed by atoms with Crippen molar-refractivity contribution in [3.63, 3.8) is 0 Å². The van der Waals surface area contributed by atoms with E-state index in [-0.39, 0.29) is 0 Å². The molecule has 1 fully saturated rings. The van der Waals surface area contributed by atoms with Crippen LogP contribution in [0.2, 0.25) is 0 Å². The van der Waals surface area contributed by atoms with Crippen LogP contribution < -0.4 is 0 Å². The maximum absolute atomic E-state index is 4.66. The van der Waals surface area contributed by atoms with Crippen molar-refractivity contribution in [2.75, 3.05) is 0 Å². The lowest BCUT2D eigenvalue weighted by molar-refractivity contribution is 0.320. The topological polar surface area (TPSA) is 17.8 Å². The lowest BCUT2D eigenvalue weighted by Crippen LogP contribution is -2.16. The maximum Gasteiger partial charge on any atom is 0.140 e. The summed E-state index contributed by atoms with van der Waals surface area (Å²) in [6.45, 7) is 4.24. The Morgan fingerprint density at radius 2 is 2.07 bits per heavy atom. The quantitative estimate of drug-likeness (QED) is 0.690. The molecule has 2 aromatic heterocycles. The van der Waals surface area contributed by atoms with Crippen molar-refractivity contribution >= 4 is 11.0 Å². The summed E-state index contributed by atoms with van der Waals surface area (Å²) in [5, 5.41) is 1.31. The van der Waals surface area contributed by atoms with Crippen molar-refractivity contribution in [3.05, 3.63) is 29.6 Å². The molecule has 0 aromatic carbocycles. The van der Waals surface area contributed by atoms with Gasteiger partial charge in [0.25, 0.3) is 0 Å². The van der Waals surface area contributed by atoms with E-state index < -0.39 is 0 Å². The molecule has 0 unspecified atom stereocenters. The molecule has 0 radical (unpaired) electrons. The smallest absolute Gasteiger partial charge is 0.140 e. The molecule has 0 bridgehead atoms. The van der Waals surface area contributed by atoms with Crippen molar-refractivity contribution in [2.45, 2.75) is 39.2 Å².